The second kappa shape index (κ2) is 4.89. The molecule has 0 bridgehead atoms. The molecule has 20 heavy (non-hydrogen) atoms. The van der Waals surface area contributed by atoms with E-state index in [1.807, 2.05) is 13.0 Å². The summed E-state index contributed by atoms with van der Waals surface area (Å²) in [4.78, 5) is 24.5. The minimum atomic E-state index is -0.253. The molecule has 2 aliphatic rings. The molecule has 0 aliphatic heterocycles. The second-order valence-electron chi connectivity index (χ2n) is 5.85. The van der Waals surface area contributed by atoms with Gasteiger partial charge in [0, 0.05) is 17.2 Å². The van der Waals surface area contributed by atoms with Gasteiger partial charge in [0.05, 0.1) is 7.11 Å². The van der Waals surface area contributed by atoms with Crippen molar-refractivity contribution in [2.45, 2.75) is 26.7 Å². The second-order valence-corrected chi connectivity index (χ2v) is 5.85. The normalized spacial score (nSPS) is 29.8. The molecule has 0 spiro atoms. The van der Waals surface area contributed by atoms with E-state index < -0.39 is 0 Å². The van der Waals surface area contributed by atoms with Crippen LogP contribution in [0.2, 0.25) is 0 Å². The maximum atomic E-state index is 12.4. The van der Waals surface area contributed by atoms with Crippen LogP contribution in [0.1, 0.15) is 26.7 Å². The van der Waals surface area contributed by atoms with Crippen LogP contribution < -0.4 is 0 Å². The Morgan fingerprint density at radius 1 is 1.45 bits per heavy atom. The van der Waals surface area contributed by atoms with Crippen LogP contribution in [0.3, 0.4) is 0 Å². The summed E-state index contributed by atoms with van der Waals surface area (Å²) in [7, 11) is 1.41. The van der Waals surface area contributed by atoms with E-state index in [-0.39, 0.29) is 28.7 Å². The lowest BCUT2D eigenvalue weighted by molar-refractivity contribution is -0.119. The van der Waals surface area contributed by atoms with Crippen LogP contribution >= 0.6 is 0 Å². The van der Waals surface area contributed by atoms with Gasteiger partial charge in [-0.2, -0.15) is 0 Å². The lowest BCUT2D eigenvalue weighted by Gasteiger charge is -2.42. The summed E-state index contributed by atoms with van der Waals surface area (Å²) in [6.07, 6.45) is 4.23. The Morgan fingerprint density at radius 3 is 2.60 bits per heavy atom. The number of ketones is 2. The first-order valence-electron chi connectivity index (χ1n) is 6.69. The molecule has 2 aliphatic carbocycles. The summed E-state index contributed by atoms with van der Waals surface area (Å²) in [6.45, 7) is 12.0. The van der Waals surface area contributed by atoms with E-state index in [9.17, 15) is 9.59 Å². The highest BCUT2D eigenvalue weighted by molar-refractivity contribution is 6.22. The smallest absolute Gasteiger partial charge is 0.224 e. The average molecular weight is 272 g/mol. The van der Waals surface area contributed by atoms with Crippen molar-refractivity contribution in [1.82, 2.24) is 0 Å². The molecule has 0 saturated carbocycles. The number of methoxy groups -OCH3 is 1. The van der Waals surface area contributed by atoms with Gasteiger partial charge in [0.1, 0.15) is 0 Å². The van der Waals surface area contributed by atoms with Gasteiger partial charge >= 0.3 is 0 Å². The first kappa shape index (κ1) is 14.5. The maximum Gasteiger partial charge on any atom is 0.224 e. The Bertz CT molecular complexity index is 577. The Morgan fingerprint density at radius 2 is 2.10 bits per heavy atom. The van der Waals surface area contributed by atoms with Gasteiger partial charge in [0.15, 0.2) is 11.5 Å². The summed E-state index contributed by atoms with van der Waals surface area (Å²) in [5, 5.41) is 0. The molecule has 106 valence electrons. The first-order chi connectivity index (χ1) is 9.34. The summed E-state index contributed by atoms with van der Waals surface area (Å²) in [5.74, 6) is -0.0221. The van der Waals surface area contributed by atoms with E-state index in [1.54, 1.807) is 0 Å². The van der Waals surface area contributed by atoms with Gasteiger partial charge in [-0.3, -0.25) is 9.59 Å². The van der Waals surface area contributed by atoms with Crippen molar-refractivity contribution < 1.29 is 14.3 Å². The Hall–Kier alpha value is -1.90. The van der Waals surface area contributed by atoms with E-state index in [4.69, 9.17) is 4.74 Å². The molecule has 2 rings (SSSR count). The highest BCUT2D eigenvalue weighted by atomic mass is 16.5. The lowest BCUT2D eigenvalue weighted by atomic mass is 9.61. The molecule has 0 fully saturated rings. The number of hydrogen-bond acceptors (Lipinski definition) is 3. The predicted molar refractivity (Wildman–Crippen MR) is 78.0 cm³/mol. The Balaban J connectivity index is 2.50. The fourth-order valence-corrected chi connectivity index (χ4v) is 3.16. The van der Waals surface area contributed by atoms with Crippen LogP contribution in [-0.2, 0) is 14.3 Å². The average Bonchev–Trinajstić information content (AvgIpc) is 2.41. The summed E-state index contributed by atoms with van der Waals surface area (Å²) in [5.41, 5.74) is 1.95. The number of carbonyl (C=O) groups excluding carboxylic acids is 2. The fraction of sp³-hybridized carbons (Fsp3) is 0.412. The van der Waals surface area contributed by atoms with E-state index in [0.717, 1.165) is 5.57 Å². The molecule has 0 aromatic carbocycles. The molecule has 0 radical (unpaired) electrons. The highest BCUT2D eigenvalue weighted by Gasteiger charge is 2.43. The largest absolute Gasteiger partial charge is 0.493 e. The lowest BCUT2D eigenvalue weighted by Crippen LogP contribution is -2.36. The number of ether oxygens (including phenoxy) is 1. The predicted octanol–water partition coefficient (Wildman–Crippen LogP) is 3.14. The third-order valence-corrected chi connectivity index (χ3v) is 4.46. The van der Waals surface area contributed by atoms with Gasteiger partial charge in [-0.25, -0.2) is 0 Å². The van der Waals surface area contributed by atoms with Crippen LogP contribution in [0, 0.1) is 11.3 Å². The molecule has 3 heteroatoms. The molecular weight excluding hydrogens is 252 g/mol. The zero-order valence-electron chi connectivity index (χ0n) is 12.3. The Labute approximate surface area is 119 Å². The van der Waals surface area contributed by atoms with Gasteiger partial charge < -0.3 is 4.74 Å². The monoisotopic (exact) mass is 272 g/mol. The number of rotatable bonds is 3. The molecule has 0 N–H and O–H groups in total. The van der Waals surface area contributed by atoms with E-state index in [1.165, 1.54) is 13.2 Å². The fourth-order valence-electron chi connectivity index (χ4n) is 3.16. The third-order valence-electron chi connectivity index (χ3n) is 4.46. The Kier molecular flexibility index (Phi) is 3.55. The SMILES string of the molecule is C=CC1(C)CC2=C(CC1C(=C)C)C(=O)C=C(OC)C2=O. The van der Waals surface area contributed by atoms with Gasteiger partial charge in [0.2, 0.25) is 5.78 Å². The number of carbonyl (C=O) groups is 2. The van der Waals surface area contributed by atoms with Crippen molar-refractivity contribution in [3.63, 3.8) is 0 Å². The van der Waals surface area contributed by atoms with Gasteiger partial charge in [0.25, 0.3) is 0 Å². The van der Waals surface area contributed by atoms with Crippen molar-refractivity contribution in [3.8, 4) is 0 Å². The van der Waals surface area contributed by atoms with Gasteiger partial charge in [-0.05, 0) is 31.1 Å². The van der Waals surface area contributed by atoms with E-state index in [2.05, 4.69) is 20.1 Å². The van der Waals surface area contributed by atoms with Crippen LogP contribution in [-0.4, -0.2) is 18.7 Å². The summed E-state index contributed by atoms with van der Waals surface area (Å²) in [6, 6.07) is 0. The van der Waals surface area contributed by atoms with Gasteiger partial charge in [-0.15, -0.1) is 6.58 Å². The molecule has 0 heterocycles. The topological polar surface area (TPSA) is 43.4 Å². The molecule has 2 unspecified atom stereocenters. The van der Waals surface area contributed by atoms with E-state index in [0.29, 0.717) is 24.0 Å². The molecular formula is C17H20O3. The summed E-state index contributed by atoms with van der Waals surface area (Å²) >= 11 is 0. The van der Waals surface area contributed by atoms with Crippen molar-refractivity contribution in [1.29, 1.82) is 0 Å². The minimum Gasteiger partial charge on any atom is -0.493 e. The first-order valence-corrected chi connectivity index (χ1v) is 6.69. The van der Waals surface area contributed by atoms with Gasteiger partial charge in [-0.1, -0.05) is 25.2 Å². The van der Waals surface area contributed by atoms with E-state index >= 15 is 0 Å². The van der Waals surface area contributed by atoms with Crippen molar-refractivity contribution in [2.75, 3.05) is 7.11 Å². The number of hydrogen-bond donors (Lipinski definition) is 0. The molecule has 0 aromatic rings. The van der Waals surface area contributed by atoms with Crippen LogP contribution in [0.15, 0.2) is 47.8 Å². The summed E-state index contributed by atoms with van der Waals surface area (Å²) < 4.78 is 5.01. The van der Waals surface area contributed by atoms with Crippen LogP contribution in [0.4, 0.5) is 0 Å². The molecule has 2 atom stereocenters. The number of allylic oxidation sites excluding steroid dienone is 5. The van der Waals surface area contributed by atoms with Crippen molar-refractivity contribution in [2.24, 2.45) is 11.3 Å². The number of Topliss-reactive ketones (excluding diaryl/α,β-unsaturated/α-hetero) is 1. The van der Waals surface area contributed by atoms with Crippen LogP contribution in [0.25, 0.3) is 0 Å². The maximum absolute atomic E-state index is 12.4. The third kappa shape index (κ3) is 2.07. The molecule has 0 amide bonds. The van der Waals surface area contributed by atoms with Crippen molar-refractivity contribution >= 4 is 11.6 Å². The van der Waals surface area contributed by atoms with Crippen molar-refractivity contribution in [3.05, 3.63) is 47.8 Å². The van der Waals surface area contributed by atoms with Crippen LogP contribution in [0.5, 0.6) is 0 Å². The zero-order chi connectivity index (χ0) is 15.1. The zero-order valence-corrected chi connectivity index (χ0v) is 12.3. The molecule has 0 saturated heterocycles. The molecule has 3 nitrogen and oxygen atoms in total. The quantitative estimate of drug-likeness (QED) is 0.585. The minimum absolute atomic E-state index is 0.117. The highest BCUT2D eigenvalue weighted by Crippen LogP contribution is 2.49. The standard InChI is InChI=1S/C17H20O3/c1-6-17(4)9-12-11(7-13(17)10(2)3)14(18)8-15(20-5)16(12)19/h6,8,13H,1-2,7,9H2,3-5H3. The molecule has 0 aromatic heterocycles.